The van der Waals surface area contributed by atoms with Gasteiger partial charge in [0.05, 0.1) is 19.4 Å². The van der Waals surface area contributed by atoms with Gasteiger partial charge in [-0.2, -0.15) is 0 Å². The summed E-state index contributed by atoms with van der Waals surface area (Å²) in [7, 11) is 1.42. The van der Waals surface area contributed by atoms with Gasteiger partial charge in [0.15, 0.2) is 18.1 Å². The van der Waals surface area contributed by atoms with Gasteiger partial charge in [-0.15, -0.1) is 0 Å². The van der Waals surface area contributed by atoms with Crippen LogP contribution >= 0.6 is 0 Å². The van der Waals surface area contributed by atoms with Crippen molar-refractivity contribution in [3.8, 4) is 11.5 Å². The molecule has 35 heavy (non-hydrogen) atoms. The zero-order valence-corrected chi connectivity index (χ0v) is 20.3. The van der Waals surface area contributed by atoms with Crippen LogP contribution in [-0.4, -0.2) is 44.1 Å². The number of benzene rings is 2. The highest BCUT2D eigenvalue weighted by Gasteiger charge is 2.37. The molecule has 1 aliphatic rings. The molecule has 1 saturated heterocycles. The summed E-state index contributed by atoms with van der Waals surface area (Å²) in [6, 6.07) is 10.9. The minimum atomic E-state index is -0.819. The summed E-state index contributed by atoms with van der Waals surface area (Å²) in [5.74, 6) is -1.49. The molecule has 2 aromatic rings. The summed E-state index contributed by atoms with van der Waals surface area (Å²) in [6.07, 6.45) is 1.36. The van der Waals surface area contributed by atoms with Crippen LogP contribution in [0.25, 0.3) is 6.08 Å². The van der Waals surface area contributed by atoms with E-state index < -0.39 is 23.8 Å². The van der Waals surface area contributed by atoms with E-state index in [1.165, 1.54) is 13.2 Å². The second-order valence-electron chi connectivity index (χ2n) is 8.76. The molecule has 1 fully saturated rings. The molecule has 1 N–H and O–H groups in total. The average Bonchev–Trinajstić information content (AvgIpc) is 2.80. The molecule has 0 radical (unpaired) electrons. The highest BCUT2D eigenvalue weighted by Crippen LogP contribution is 2.30. The number of methoxy groups -OCH3 is 1. The standard InChI is InChI=1S/C26H28N2O7/c1-6-34-22(29)15-35-20-12-7-16(14-21(20)33-5)13-19-23(30)27-25(32)28(24(19)31)18-10-8-17(9-11-18)26(2,3)4/h7-14H,6,15H2,1-5H3,(H,27,30,32)/b19-13+. The SMILES string of the molecule is CCOC(=O)COc1ccc(/C=C2\C(=O)NC(=O)N(c3ccc(C(C)(C)C)cc3)C2=O)cc1OC. The van der Waals surface area contributed by atoms with Crippen molar-refractivity contribution in [2.75, 3.05) is 25.2 Å². The van der Waals surface area contributed by atoms with Gasteiger partial charge >= 0.3 is 12.0 Å². The van der Waals surface area contributed by atoms with Crippen LogP contribution in [0.1, 0.15) is 38.8 Å². The van der Waals surface area contributed by atoms with Crippen molar-refractivity contribution in [1.29, 1.82) is 0 Å². The minimum Gasteiger partial charge on any atom is -0.493 e. The summed E-state index contributed by atoms with van der Waals surface area (Å²) >= 11 is 0. The molecule has 0 unspecified atom stereocenters. The average molecular weight is 481 g/mol. The summed E-state index contributed by atoms with van der Waals surface area (Å²) in [5.41, 5.74) is 1.53. The zero-order chi connectivity index (χ0) is 25.8. The number of carbonyl (C=O) groups excluding carboxylic acids is 4. The maximum absolute atomic E-state index is 13.2. The molecule has 0 spiro atoms. The molecule has 184 valence electrons. The molecule has 9 heteroatoms. The normalized spacial score (nSPS) is 15.2. The Kier molecular flexibility index (Phi) is 7.58. The molecule has 3 rings (SSSR count). The number of urea groups is 1. The highest BCUT2D eigenvalue weighted by molar-refractivity contribution is 6.39. The number of nitrogens with one attached hydrogen (secondary N) is 1. The monoisotopic (exact) mass is 480 g/mol. The van der Waals surface area contributed by atoms with Gasteiger partial charge in [0, 0.05) is 0 Å². The summed E-state index contributed by atoms with van der Waals surface area (Å²) in [4.78, 5) is 50.6. The van der Waals surface area contributed by atoms with Gasteiger partial charge in [0.1, 0.15) is 5.57 Å². The molecule has 1 aliphatic heterocycles. The quantitative estimate of drug-likeness (QED) is 0.366. The molecule has 0 atom stereocenters. The van der Waals surface area contributed by atoms with Gasteiger partial charge in [-0.3, -0.25) is 14.9 Å². The van der Waals surface area contributed by atoms with E-state index in [1.54, 1.807) is 37.3 Å². The Morgan fingerprint density at radius 2 is 1.71 bits per heavy atom. The van der Waals surface area contributed by atoms with Gasteiger partial charge in [-0.05, 0) is 53.8 Å². The first-order chi connectivity index (χ1) is 16.5. The first-order valence-electron chi connectivity index (χ1n) is 11.0. The van der Waals surface area contributed by atoms with Crippen LogP contribution in [0, 0.1) is 0 Å². The van der Waals surface area contributed by atoms with Crippen LogP contribution < -0.4 is 19.7 Å². The van der Waals surface area contributed by atoms with Crippen molar-refractivity contribution >= 4 is 35.6 Å². The van der Waals surface area contributed by atoms with Crippen molar-refractivity contribution in [3.63, 3.8) is 0 Å². The number of hydrogen-bond acceptors (Lipinski definition) is 7. The van der Waals surface area contributed by atoms with Crippen LogP contribution in [-0.2, 0) is 24.5 Å². The summed E-state index contributed by atoms with van der Waals surface area (Å²) < 4.78 is 15.6. The predicted molar refractivity (Wildman–Crippen MR) is 129 cm³/mol. The summed E-state index contributed by atoms with van der Waals surface area (Å²) in [5, 5.41) is 2.21. The van der Waals surface area contributed by atoms with E-state index in [-0.39, 0.29) is 35.7 Å². The Labute approximate surface area is 203 Å². The number of barbiturate groups is 1. The topological polar surface area (TPSA) is 111 Å². The Bertz CT molecular complexity index is 1180. The van der Waals surface area contributed by atoms with E-state index in [0.717, 1.165) is 10.5 Å². The number of hydrogen-bond donors (Lipinski definition) is 1. The number of ether oxygens (including phenoxy) is 3. The Morgan fingerprint density at radius 1 is 1.03 bits per heavy atom. The number of esters is 1. The summed E-state index contributed by atoms with van der Waals surface area (Å²) in [6.45, 7) is 7.81. The first kappa shape index (κ1) is 25.5. The smallest absolute Gasteiger partial charge is 0.344 e. The Balaban J connectivity index is 1.88. The number of amides is 4. The highest BCUT2D eigenvalue weighted by atomic mass is 16.6. The number of anilines is 1. The van der Waals surface area contributed by atoms with Crippen LogP contribution in [0.3, 0.4) is 0 Å². The van der Waals surface area contributed by atoms with Gasteiger partial charge in [-0.1, -0.05) is 39.0 Å². The van der Waals surface area contributed by atoms with Crippen molar-refractivity contribution in [3.05, 3.63) is 59.2 Å². The minimum absolute atomic E-state index is 0.0982. The lowest BCUT2D eigenvalue weighted by Gasteiger charge is -2.27. The van der Waals surface area contributed by atoms with Crippen molar-refractivity contribution in [1.82, 2.24) is 5.32 Å². The molecule has 0 aliphatic carbocycles. The number of imide groups is 2. The largest absolute Gasteiger partial charge is 0.493 e. The fourth-order valence-electron chi connectivity index (χ4n) is 3.40. The molecule has 9 nitrogen and oxygen atoms in total. The molecular formula is C26H28N2O7. The number of carbonyl (C=O) groups is 4. The van der Waals surface area contributed by atoms with E-state index >= 15 is 0 Å². The van der Waals surface area contributed by atoms with E-state index in [0.29, 0.717) is 11.3 Å². The van der Waals surface area contributed by atoms with Crippen LogP contribution in [0.4, 0.5) is 10.5 Å². The van der Waals surface area contributed by atoms with Gasteiger partial charge in [0.25, 0.3) is 11.8 Å². The fourth-order valence-corrected chi connectivity index (χ4v) is 3.40. The molecule has 2 aromatic carbocycles. The molecule has 4 amide bonds. The maximum atomic E-state index is 13.2. The predicted octanol–water partition coefficient (Wildman–Crippen LogP) is 3.60. The lowest BCUT2D eigenvalue weighted by molar-refractivity contribution is -0.145. The Morgan fingerprint density at radius 3 is 2.31 bits per heavy atom. The van der Waals surface area contributed by atoms with E-state index in [1.807, 2.05) is 12.1 Å². The molecular weight excluding hydrogens is 452 g/mol. The van der Waals surface area contributed by atoms with E-state index in [2.05, 4.69) is 26.1 Å². The van der Waals surface area contributed by atoms with Crippen molar-refractivity contribution in [2.24, 2.45) is 0 Å². The third-order valence-corrected chi connectivity index (χ3v) is 5.24. The Hall–Kier alpha value is -4.14. The third kappa shape index (κ3) is 5.87. The molecule has 0 aromatic heterocycles. The van der Waals surface area contributed by atoms with E-state index in [9.17, 15) is 19.2 Å². The van der Waals surface area contributed by atoms with E-state index in [4.69, 9.17) is 14.2 Å². The lowest BCUT2D eigenvalue weighted by atomic mass is 9.87. The third-order valence-electron chi connectivity index (χ3n) is 5.24. The van der Waals surface area contributed by atoms with Gasteiger partial charge in [-0.25, -0.2) is 14.5 Å². The lowest BCUT2D eigenvalue weighted by Crippen LogP contribution is -2.54. The van der Waals surface area contributed by atoms with Gasteiger partial charge in [0.2, 0.25) is 0 Å². The molecule has 0 saturated carbocycles. The second-order valence-corrected chi connectivity index (χ2v) is 8.76. The van der Waals surface area contributed by atoms with Crippen molar-refractivity contribution < 1.29 is 33.4 Å². The maximum Gasteiger partial charge on any atom is 0.344 e. The fraction of sp³-hybridized carbons (Fsp3) is 0.308. The second kappa shape index (κ2) is 10.4. The van der Waals surface area contributed by atoms with Gasteiger partial charge < -0.3 is 14.2 Å². The van der Waals surface area contributed by atoms with Crippen LogP contribution in [0.15, 0.2) is 48.0 Å². The first-order valence-corrected chi connectivity index (χ1v) is 11.0. The molecule has 0 bridgehead atoms. The zero-order valence-electron chi connectivity index (χ0n) is 20.3. The van der Waals surface area contributed by atoms with Crippen LogP contribution in [0.5, 0.6) is 11.5 Å². The number of rotatable bonds is 7. The van der Waals surface area contributed by atoms with Crippen LogP contribution in [0.2, 0.25) is 0 Å². The van der Waals surface area contributed by atoms with Crippen molar-refractivity contribution in [2.45, 2.75) is 33.1 Å². The number of nitrogens with zero attached hydrogens (tertiary/aromatic N) is 1. The molecule has 1 heterocycles.